The quantitative estimate of drug-likeness (QED) is 0.721. The van der Waals surface area contributed by atoms with Gasteiger partial charge in [0.1, 0.15) is 11.6 Å². The SMILES string of the molecule is CC(NC(=O)CCNC(=O)c1ccc(F)cc1F)c1ccc(C(F)(F)F)cc1. The maximum atomic E-state index is 13.5. The van der Waals surface area contributed by atoms with Crippen molar-refractivity contribution in [2.75, 3.05) is 6.54 Å². The van der Waals surface area contributed by atoms with Crippen molar-refractivity contribution in [1.82, 2.24) is 10.6 Å². The van der Waals surface area contributed by atoms with Crippen molar-refractivity contribution in [3.8, 4) is 0 Å². The summed E-state index contributed by atoms with van der Waals surface area (Å²) < 4.78 is 64.0. The summed E-state index contributed by atoms with van der Waals surface area (Å²) in [6, 6.07) is 6.36. The van der Waals surface area contributed by atoms with Gasteiger partial charge in [-0.05, 0) is 36.8 Å². The van der Waals surface area contributed by atoms with E-state index in [1.165, 1.54) is 12.1 Å². The van der Waals surface area contributed by atoms with Crippen LogP contribution in [0.3, 0.4) is 0 Å². The lowest BCUT2D eigenvalue weighted by Gasteiger charge is -2.15. The van der Waals surface area contributed by atoms with Crippen molar-refractivity contribution in [2.24, 2.45) is 0 Å². The number of nitrogens with one attached hydrogen (secondary N) is 2. The molecule has 4 nitrogen and oxygen atoms in total. The highest BCUT2D eigenvalue weighted by molar-refractivity contribution is 5.94. The van der Waals surface area contributed by atoms with Gasteiger partial charge in [-0.15, -0.1) is 0 Å². The van der Waals surface area contributed by atoms with Crippen LogP contribution in [0.1, 0.15) is 40.9 Å². The van der Waals surface area contributed by atoms with Crippen LogP contribution in [0.4, 0.5) is 22.0 Å². The molecular weight excluding hydrogens is 383 g/mol. The van der Waals surface area contributed by atoms with Gasteiger partial charge in [0.2, 0.25) is 5.91 Å². The summed E-state index contributed by atoms with van der Waals surface area (Å²) >= 11 is 0. The molecular formula is C19H17F5N2O2. The van der Waals surface area contributed by atoms with Crippen LogP contribution < -0.4 is 10.6 Å². The number of benzene rings is 2. The van der Waals surface area contributed by atoms with Gasteiger partial charge in [0.05, 0.1) is 17.2 Å². The van der Waals surface area contributed by atoms with Gasteiger partial charge in [-0.3, -0.25) is 9.59 Å². The number of alkyl halides is 3. The third kappa shape index (κ3) is 5.77. The van der Waals surface area contributed by atoms with Crippen molar-refractivity contribution < 1.29 is 31.5 Å². The second-order valence-electron chi connectivity index (χ2n) is 6.04. The smallest absolute Gasteiger partial charge is 0.351 e. The second kappa shape index (κ2) is 8.81. The Labute approximate surface area is 157 Å². The number of carbonyl (C=O) groups excluding carboxylic acids is 2. The lowest BCUT2D eigenvalue weighted by molar-refractivity contribution is -0.137. The molecule has 0 radical (unpaired) electrons. The Bertz CT molecular complexity index is 850. The van der Waals surface area contributed by atoms with Gasteiger partial charge in [0, 0.05) is 19.0 Å². The summed E-state index contributed by atoms with van der Waals surface area (Å²) in [6.45, 7) is 1.51. The number of halogens is 5. The van der Waals surface area contributed by atoms with Crippen LogP contribution in [0.2, 0.25) is 0 Å². The lowest BCUT2D eigenvalue weighted by Crippen LogP contribution is -2.32. The van der Waals surface area contributed by atoms with Crippen molar-refractivity contribution in [3.05, 3.63) is 70.8 Å². The van der Waals surface area contributed by atoms with E-state index in [0.29, 0.717) is 11.6 Å². The van der Waals surface area contributed by atoms with E-state index in [-0.39, 0.29) is 18.5 Å². The normalized spacial score (nSPS) is 12.4. The summed E-state index contributed by atoms with van der Waals surface area (Å²) in [5, 5.41) is 4.93. The van der Waals surface area contributed by atoms with E-state index in [0.717, 1.165) is 24.3 Å². The molecule has 2 aromatic carbocycles. The Morgan fingerprint density at radius 2 is 1.68 bits per heavy atom. The van der Waals surface area contributed by atoms with E-state index < -0.39 is 41.2 Å². The number of hydrogen-bond acceptors (Lipinski definition) is 2. The molecule has 0 heterocycles. The Morgan fingerprint density at radius 1 is 1.04 bits per heavy atom. The van der Waals surface area contributed by atoms with E-state index in [2.05, 4.69) is 10.6 Å². The molecule has 0 aromatic heterocycles. The van der Waals surface area contributed by atoms with Crippen molar-refractivity contribution in [2.45, 2.75) is 25.6 Å². The van der Waals surface area contributed by atoms with Crippen LogP contribution in [0, 0.1) is 11.6 Å². The van der Waals surface area contributed by atoms with E-state index in [1.54, 1.807) is 6.92 Å². The molecule has 0 saturated heterocycles. The van der Waals surface area contributed by atoms with Crippen LogP contribution in [0.5, 0.6) is 0 Å². The first-order valence-electron chi connectivity index (χ1n) is 8.27. The van der Waals surface area contributed by atoms with Gasteiger partial charge in [-0.2, -0.15) is 13.2 Å². The Balaban J connectivity index is 1.82. The maximum absolute atomic E-state index is 13.5. The minimum atomic E-state index is -4.44. The molecule has 2 amide bonds. The molecule has 9 heteroatoms. The Kier molecular flexibility index (Phi) is 6.71. The predicted molar refractivity (Wildman–Crippen MR) is 91.3 cm³/mol. The highest BCUT2D eigenvalue weighted by atomic mass is 19.4. The van der Waals surface area contributed by atoms with Gasteiger partial charge in [-0.1, -0.05) is 12.1 Å². The monoisotopic (exact) mass is 400 g/mol. The van der Waals surface area contributed by atoms with Crippen LogP contribution in [-0.4, -0.2) is 18.4 Å². The van der Waals surface area contributed by atoms with Crippen molar-refractivity contribution >= 4 is 11.8 Å². The summed E-state index contributed by atoms with van der Waals surface area (Å²) in [4.78, 5) is 23.7. The first-order valence-corrected chi connectivity index (χ1v) is 8.27. The van der Waals surface area contributed by atoms with Gasteiger partial charge in [-0.25, -0.2) is 8.78 Å². The van der Waals surface area contributed by atoms with E-state index in [1.807, 2.05) is 0 Å². The minimum Gasteiger partial charge on any atom is -0.351 e. The molecule has 28 heavy (non-hydrogen) atoms. The highest BCUT2D eigenvalue weighted by Crippen LogP contribution is 2.29. The van der Waals surface area contributed by atoms with Gasteiger partial charge in [0.15, 0.2) is 0 Å². The molecule has 0 aliphatic carbocycles. The zero-order valence-corrected chi connectivity index (χ0v) is 14.7. The summed E-state index contributed by atoms with van der Waals surface area (Å²) in [5.41, 5.74) is -0.649. The first-order chi connectivity index (χ1) is 13.1. The topological polar surface area (TPSA) is 58.2 Å². The first kappa shape index (κ1) is 21.3. The Hall–Kier alpha value is -2.97. The van der Waals surface area contributed by atoms with Gasteiger partial charge < -0.3 is 10.6 Å². The van der Waals surface area contributed by atoms with Crippen LogP contribution in [0.25, 0.3) is 0 Å². The summed E-state index contributed by atoms with van der Waals surface area (Å²) in [6.07, 6.45) is -4.56. The highest BCUT2D eigenvalue weighted by Gasteiger charge is 2.30. The maximum Gasteiger partial charge on any atom is 0.416 e. The van der Waals surface area contributed by atoms with Crippen molar-refractivity contribution in [1.29, 1.82) is 0 Å². The molecule has 2 N–H and O–H groups in total. The van der Waals surface area contributed by atoms with Crippen LogP contribution >= 0.6 is 0 Å². The van der Waals surface area contributed by atoms with Gasteiger partial charge in [0.25, 0.3) is 5.91 Å². The number of hydrogen-bond donors (Lipinski definition) is 2. The zero-order valence-electron chi connectivity index (χ0n) is 14.7. The van der Waals surface area contributed by atoms with Gasteiger partial charge >= 0.3 is 6.18 Å². The molecule has 0 bridgehead atoms. The summed E-state index contributed by atoms with van der Waals surface area (Å²) in [7, 11) is 0. The average Bonchev–Trinajstić information content (AvgIpc) is 2.60. The van der Waals surface area contributed by atoms with Crippen LogP contribution in [0.15, 0.2) is 42.5 Å². The third-order valence-corrected chi connectivity index (χ3v) is 3.93. The predicted octanol–water partition coefficient (Wildman–Crippen LogP) is 3.98. The molecule has 1 atom stereocenters. The molecule has 0 saturated carbocycles. The fourth-order valence-electron chi connectivity index (χ4n) is 2.42. The molecule has 1 unspecified atom stereocenters. The third-order valence-electron chi connectivity index (χ3n) is 3.93. The number of rotatable bonds is 6. The fourth-order valence-corrected chi connectivity index (χ4v) is 2.42. The molecule has 0 aliphatic rings. The lowest BCUT2D eigenvalue weighted by atomic mass is 10.1. The molecule has 0 spiro atoms. The average molecular weight is 400 g/mol. The fraction of sp³-hybridized carbons (Fsp3) is 0.263. The van der Waals surface area contributed by atoms with E-state index >= 15 is 0 Å². The molecule has 2 rings (SSSR count). The molecule has 0 aliphatic heterocycles. The standard InChI is InChI=1S/C19H17F5N2O2/c1-11(12-2-4-13(5-3-12)19(22,23)24)26-17(27)8-9-25-18(28)15-7-6-14(20)10-16(15)21/h2-7,10-11H,8-9H2,1H3,(H,25,28)(H,26,27). The van der Waals surface area contributed by atoms with Crippen molar-refractivity contribution in [3.63, 3.8) is 0 Å². The van der Waals surface area contributed by atoms with E-state index in [9.17, 15) is 31.5 Å². The van der Waals surface area contributed by atoms with E-state index in [4.69, 9.17) is 0 Å². The molecule has 150 valence electrons. The largest absolute Gasteiger partial charge is 0.416 e. The zero-order chi connectivity index (χ0) is 20.9. The summed E-state index contributed by atoms with van der Waals surface area (Å²) in [5.74, 6) is -3.07. The Morgan fingerprint density at radius 3 is 2.25 bits per heavy atom. The van der Waals surface area contributed by atoms with Crippen LogP contribution in [-0.2, 0) is 11.0 Å². The minimum absolute atomic E-state index is 0.0960. The molecule has 0 fully saturated rings. The number of carbonyl (C=O) groups is 2. The second-order valence-corrected chi connectivity index (χ2v) is 6.04. The molecule has 2 aromatic rings. The number of amides is 2.